The molecule has 0 radical (unpaired) electrons. The lowest BCUT2D eigenvalue weighted by atomic mass is 10.2. The lowest BCUT2D eigenvalue weighted by molar-refractivity contribution is -0.116. The molecule has 1 aromatic heterocycles. The Morgan fingerprint density at radius 2 is 2.00 bits per heavy atom. The van der Waals surface area contributed by atoms with Crippen LogP contribution in [-0.4, -0.2) is 34.9 Å². The minimum atomic E-state index is 0. The molecule has 0 unspecified atom stereocenters. The number of hydrogen-bond donors (Lipinski definition) is 2. The highest BCUT2D eigenvalue weighted by molar-refractivity contribution is 14.0. The smallest absolute Gasteiger partial charge is 0.224 e. The van der Waals surface area contributed by atoms with Gasteiger partial charge in [-0.15, -0.1) is 24.0 Å². The third-order valence-corrected chi connectivity index (χ3v) is 4.25. The Hall–Kier alpha value is -2.03. The largest absolute Gasteiger partial charge is 0.357 e. The minimum Gasteiger partial charge on any atom is -0.357 e. The van der Waals surface area contributed by atoms with Crippen LogP contribution in [0.5, 0.6) is 0 Å². The SMILES string of the molecule is CCCC(=O)Nc1cccc(CN=C(NCC)N(C)Cc2cccn2C)c1.I. The second kappa shape index (κ2) is 12.4. The number of hydrogen-bond acceptors (Lipinski definition) is 2. The first kappa shape index (κ1) is 24.0. The number of nitrogens with one attached hydrogen (secondary N) is 2. The zero-order valence-electron chi connectivity index (χ0n) is 17.2. The standard InChI is InChI=1S/C21H31N5O.HI/c1-5-9-20(27)24-18-11-7-10-17(14-18)15-23-21(22-6-2)26(4)16-19-12-8-13-25(19)3;/h7-8,10-14H,5-6,9,15-16H2,1-4H3,(H,22,23)(H,24,27);1H. The summed E-state index contributed by atoms with van der Waals surface area (Å²) in [5, 5.41) is 6.28. The van der Waals surface area contributed by atoms with Crippen LogP contribution in [0.3, 0.4) is 0 Å². The summed E-state index contributed by atoms with van der Waals surface area (Å²) in [5.41, 5.74) is 3.11. The Kier molecular flexibility index (Phi) is 10.7. The van der Waals surface area contributed by atoms with Gasteiger partial charge in [0, 0.05) is 44.6 Å². The zero-order valence-corrected chi connectivity index (χ0v) is 19.6. The van der Waals surface area contributed by atoms with E-state index in [4.69, 9.17) is 4.99 Å². The highest BCUT2D eigenvalue weighted by Crippen LogP contribution is 2.13. The monoisotopic (exact) mass is 497 g/mol. The number of amides is 1. The maximum atomic E-state index is 11.8. The van der Waals surface area contributed by atoms with Gasteiger partial charge in [0.15, 0.2) is 5.96 Å². The summed E-state index contributed by atoms with van der Waals surface area (Å²) in [7, 11) is 4.08. The third kappa shape index (κ3) is 7.53. The molecule has 0 spiro atoms. The summed E-state index contributed by atoms with van der Waals surface area (Å²) < 4.78 is 2.11. The molecular weight excluding hydrogens is 465 g/mol. The van der Waals surface area contributed by atoms with Crippen molar-refractivity contribution < 1.29 is 4.79 Å². The maximum absolute atomic E-state index is 11.8. The molecule has 0 saturated carbocycles. The van der Waals surface area contributed by atoms with Gasteiger partial charge in [-0.25, -0.2) is 4.99 Å². The van der Waals surface area contributed by atoms with E-state index in [-0.39, 0.29) is 29.9 Å². The molecule has 0 aliphatic rings. The van der Waals surface area contributed by atoms with Crippen molar-refractivity contribution in [3.8, 4) is 0 Å². The maximum Gasteiger partial charge on any atom is 0.224 e. The predicted octanol–water partition coefficient (Wildman–Crippen LogP) is 3.98. The number of rotatable bonds is 8. The molecule has 1 amide bonds. The van der Waals surface area contributed by atoms with Crippen LogP contribution < -0.4 is 10.6 Å². The van der Waals surface area contributed by atoms with Gasteiger partial charge in [-0.1, -0.05) is 19.1 Å². The van der Waals surface area contributed by atoms with Gasteiger partial charge in [0.25, 0.3) is 0 Å². The van der Waals surface area contributed by atoms with Crippen molar-refractivity contribution in [1.29, 1.82) is 0 Å². The highest BCUT2D eigenvalue weighted by atomic mass is 127. The van der Waals surface area contributed by atoms with E-state index in [1.54, 1.807) is 0 Å². The Balaban J connectivity index is 0.00000392. The van der Waals surface area contributed by atoms with E-state index in [9.17, 15) is 4.79 Å². The van der Waals surface area contributed by atoms with Crippen LogP contribution in [-0.2, 0) is 24.9 Å². The molecule has 0 saturated heterocycles. The fraction of sp³-hybridized carbons (Fsp3) is 0.429. The molecule has 28 heavy (non-hydrogen) atoms. The number of benzene rings is 1. The lowest BCUT2D eigenvalue weighted by Crippen LogP contribution is -2.38. The number of guanidine groups is 1. The summed E-state index contributed by atoms with van der Waals surface area (Å²) in [6.07, 6.45) is 3.43. The molecule has 0 fully saturated rings. The van der Waals surface area contributed by atoms with Crippen molar-refractivity contribution in [3.63, 3.8) is 0 Å². The average Bonchev–Trinajstić information content (AvgIpc) is 3.03. The Labute approximate surface area is 185 Å². The van der Waals surface area contributed by atoms with Gasteiger partial charge in [-0.05, 0) is 43.2 Å². The van der Waals surface area contributed by atoms with E-state index < -0.39 is 0 Å². The molecule has 2 aromatic rings. The topological polar surface area (TPSA) is 61.7 Å². The molecule has 0 aliphatic heterocycles. The fourth-order valence-electron chi connectivity index (χ4n) is 2.81. The van der Waals surface area contributed by atoms with E-state index in [0.717, 1.165) is 36.7 Å². The number of aliphatic imine (C=N–C) groups is 1. The quantitative estimate of drug-likeness (QED) is 0.330. The molecule has 1 heterocycles. The van der Waals surface area contributed by atoms with Gasteiger partial charge in [-0.2, -0.15) is 0 Å². The zero-order chi connectivity index (χ0) is 19.6. The molecule has 0 atom stereocenters. The first-order chi connectivity index (χ1) is 13.0. The molecule has 7 heteroatoms. The van der Waals surface area contributed by atoms with Crippen molar-refractivity contribution in [2.24, 2.45) is 12.0 Å². The van der Waals surface area contributed by atoms with E-state index in [0.29, 0.717) is 13.0 Å². The molecular formula is C21H32IN5O. The highest BCUT2D eigenvalue weighted by Gasteiger charge is 2.08. The van der Waals surface area contributed by atoms with Crippen LogP contribution in [0.15, 0.2) is 47.6 Å². The Morgan fingerprint density at radius 1 is 1.21 bits per heavy atom. The molecule has 1 aromatic carbocycles. The number of aromatic nitrogens is 1. The lowest BCUT2D eigenvalue weighted by Gasteiger charge is -2.22. The van der Waals surface area contributed by atoms with Crippen LogP contribution in [0.1, 0.15) is 37.9 Å². The van der Waals surface area contributed by atoms with Gasteiger partial charge in [-0.3, -0.25) is 4.79 Å². The van der Waals surface area contributed by atoms with Crippen LogP contribution >= 0.6 is 24.0 Å². The van der Waals surface area contributed by atoms with Gasteiger partial charge < -0.3 is 20.1 Å². The second-order valence-corrected chi connectivity index (χ2v) is 6.64. The van der Waals surface area contributed by atoms with Crippen molar-refractivity contribution >= 4 is 41.5 Å². The average molecular weight is 497 g/mol. The number of anilines is 1. The number of halogens is 1. The Bertz CT molecular complexity index is 772. The van der Waals surface area contributed by atoms with E-state index in [2.05, 4.69) is 33.1 Å². The summed E-state index contributed by atoms with van der Waals surface area (Å²) in [5.74, 6) is 0.910. The van der Waals surface area contributed by atoms with E-state index in [1.165, 1.54) is 5.69 Å². The first-order valence-electron chi connectivity index (χ1n) is 9.52. The first-order valence-corrected chi connectivity index (χ1v) is 9.52. The normalized spacial score (nSPS) is 10.9. The summed E-state index contributed by atoms with van der Waals surface area (Å²) in [6, 6.07) is 12.0. The van der Waals surface area contributed by atoms with Crippen molar-refractivity contribution in [3.05, 3.63) is 53.9 Å². The summed E-state index contributed by atoms with van der Waals surface area (Å²) in [6.45, 7) is 6.21. The molecule has 2 rings (SSSR count). The number of carbonyl (C=O) groups is 1. The molecule has 2 N–H and O–H groups in total. The van der Waals surface area contributed by atoms with Crippen LogP contribution in [0.2, 0.25) is 0 Å². The van der Waals surface area contributed by atoms with Gasteiger partial charge in [0.1, 0.15) is 0 Å². The summed E-state index contributed by atoms with van der Waals surface area (Å²) in [4.78, 5) is 18.7. The van der Waals surface area contributed by atoms with Gasteiger partial charge in [0.2, 0.25) is 5.91 Å². The molecule has 6 nitrogen and oxygen atoms in total. The Morgan fingerprint density at radius 3 is 2.64 bits per heavy atom. The molecule has 0 bridgehead atoms. The van der Waals surface area contributed by atoms with Crippen molar-refractivity contribution in [2.75, 3.05) is 18.9 Å². The number of aryl methyl sites for hydroxylation is 1. The van der Waals surface area contributed by atoms with Crippen LogP contribution in [0, 0.1) is 0 Å². The van der Waals surface area contributed by atoms with Crippen molar-refractivity contribution in [1.82, 2.24) is 14.8 Å². The van der Waals surface area contributed by atoms with E-state index >= 15 is 0 Å². The second-order valence-electron chi connectivity index (χ2n) is 6.64. The van der Waals surface area contributed by atoms with Crippen molar-refractivity contribution in [2.45, 2.75) is 39.8 Å². The van der Waals surface area contributed by atoms with Gasteiger partial charge >= 0.3 is 0 Å². The summed E-state index contributed by atoms with van der Waals surface area (Å²) >= 11 is 0. The number of carbonyl (C=O) groups excluding carboxylic acids is 1. The van der Waals surface area contributed by atoms with Gasteiger partial charge in [0.05, 0.1) is 13.1 Å². The fourth-order valence-corrected chi connectivity index (χ4v) is 2.81. The number of nitrogens with zero attached hydrogens (tertiary/aromatic N) is 3. The molecule has 0 aliphatic carbocycles. The predicted molar refractivity (Wildman–Crippen MR) is 127 cm³/mol. The van der Waals surface area contributed by atoms with Crippen LogP contribution in [0.25, 0.3) is 0 Å². The molecule has 154 valence electrons. The van der Waals surface area contributed by atoms with Crippen LogP contribution in [0.4, 0.5) is 5.69 Å². The minimum absolute atomic E-state index is 0. The third-order valence-electron chi connectivity index (χ3n) is 4.25. The van der Waals surface area contributed by atoms with E-state index in [1.807, 2.05) is 57.5 Å².